The molecule has 1 aromatic carbocycles. The molecule has 0 bridgehead atoms. The van der Waals surface area contributed by atoms with Gasteiger partial charge in [0.1, 0.15) is 29.6 Å². The lowest BCUT2D eigenvalue weighted by atomic mass is 10.0. The van der Waals surface area contributed by atoms with Crippen LogP contribution in [-0.2, 0) is 24.3 Å². The lowest BCUT2D eigenvalue weighted by molar-refractivity contribution is -0.121. The van der Waals surface area contributed by atoms with Crippen molar-refractivity contribution < 1.29 is 23.5 Å². The smallest absolute Gasteiger partial charge is 0.270 e. The Morgan fingerprint density at radius 2 is 1.89 bits per heavy atom. The van der Waals surface area contributed by atoms with Crippen molar-refractivity contribution in [2.75, 3.05) is 6.61 Å². The zero-order valence-corrected chi connectivity index (χ0v) is 18.2. The van der Waals surface area contributed by atoms with Crippen molar-refractivity contribution in [1.29, 1.82) is 0 Å². The van der Waals surface area contributed by atoms with Crippen LogP contribution in [0.1, 0.15) is 37.9 Å². The average molecular weight is 475 g/mol. The summed E-state index contributed by atoms with van der Waals surface area (Å²) < 4.78 is 20.7. The van der Waals surface area contributed by atoms with Gasteiger partial charge in [-0.15, -0.1) is 0 Å². The van der Waals surface area contributed by atoms with E-state index < -0.39 is 17.6 Å². The zero-order valence-electron chi connectivity index (χ0n) is 18.2. The molecular formula is C23H18FN7O4. The molecule has 5 rings (SSSR count). The van der Waals surface area contributed by atoms with E-state index in [-0.39, 0.29) is 48.9 Å². The van der Waals surface area contributed by atoms with Gasteiger partial charge in [0.05, 0.1) is 12.7 Å². The van der Waals surface area contributed by atoms with Crippen LogP contribution < -0.4 is 15.4 Å². The fraction of sp³-hybridized carbons (Fsp3) is 0.174. The Morgan fingerprint density at radius 1 is 1.09 bits per heavy atom. The molecule has 35 heavy (non-hydrogen) atoms. The van der Waals surface area contributed by atoms with Gasteiger partial charge in [0.2, 0.25) is 0 Å². The molecule has 176 valence electrons. The SMILES string of the molecule is O=C1COc2ccc(CNC(=O)c3cc(C(=O)NCc4ncccn4)n4ncc(F)c4n3)cc2C1. The number of halogens is 1. The predicted octanol–water partition coefficient (Wildman–Crippen LogP) is 1.02. The van der Waals surface area contributed by atoms with Gasteiger partial charge in [0, 0.05) is 37.0 Å². The van der Waals surface area contributed by atoms with E-state index in [1.807, 2.05) is 0 Å². The summed E-state index contributed by atoms with van der Waals surface area (Å²) in [5.74, 6) is -1.00. The topological polar surface area (TPSA) is 140 Å². The summed E-state index contributed by atoms with van der Waals surface area (Å²) in [6, 6.07) is 8.17. The second-order valence-corrected chi connectivity index (χ2v) is 7.73. The van der Waals surface area contributed by atoms with Gasteiger partial charge in [0.15, 0.2) is 17.2 Å². The third-order valence-corrected chi connectivity index (χ3v) is 5.27. The molecule has 1 aliphatic heterocycles. The molecule has 0 radical (unpaired) electrons. The number of ketones is 1. The number of carbonyl (C=O) groups excluding carboxylic acids is 3. The molecule has 11 nitrogen and oxygen atoms in total. The third-order valence-electron chi connectivity index (χ3n) is 5.27. The van der Waals surface area contributed by atoms with Crippen molar-refractivity contribution in [3.63, 3.8) is 0 Å². The summed E-state index contributed by atoms with van der Waals surface area (Å²) >= 11 is 0. The molecule has 4 aromatic rings. The molecule has 1 aliphatic rings. The Balaban J connectivity index is 1.34. The van der Waals surface area contributed by atoms with Crippen molar-refractivity contribution in [2.45, 2.75) is 19.5 Å². The predicted molar refractivity (Wildman–Crippen MR) is 118 cm³/mol. The number of hydrogen-bond donors (Lipinski definition) is 2. The number of carbonyl (C=O) groups is 3. The van der Waals surface area contributed by atoms with Gasteiger partial charge in [-0.3, -0.25) is 14.4 Å². The summed E-state index contributed by atoms with van der Waals surface area (Å²) in [5.41, 5.74) is 0.991. The van der Waals surface area contributed by atoms with Crippen molar-refractivity contribution in [1.82, 2.24) is 35.2 Å². The maximum Gasteiger partial charge on any atom is 0.270 e. The standard InChI is InChI=1S/C23H18FN7O4/c24-16-10-29-31-18(23(34)28-11-20-25-4-1-5-26-20)8-17(30-21(16)31)22(33)27-9-13-2-3-19-14(6-13)7-15(32)12-35-19/h1-6,8,10H,7,9,11-12H2,(H,27,33)(H,28,34). The highest BCUT2D eigenvalue weighted by Crippen LogP contribution is 2.24. The monoisotopic (exact) mass is 475 g/mol. The second-order valence-electron chi connectivity index (χ2n) is 7.73. The van der Waals surface area contributed by atoms with Gasteiger partial charge in [-0.25, -0.2) is 23.9 Å². The van der Waals surface area contributed by atoms with Gasteiger partial charge in [0.25, 0.3) is 11.8 Å². The van der Waals surface area contributed by atoms with Crippen LogP contribution in [0.5, 0.6) is 5.75 Å². The molecule has 12 heteroatoms. The van der Waals surface area contributed by atoms with E-state index in [1.165, 1.54) is 18.5 Å². The fourth-order valence-electron chi connectivity index (χ4n) is 3.60. The van der Waals surface area contributed by atoms with Crippen molar-refractivity contribution in [2.24, 2.45) is 0 Å². The number of benzene rings is 1. The Bertz CT molecular complexity index is 1460. The first-order chi connectivity index (χ1) is 17.0. The summed E-state index contributed by atoms with van der Waals surface area (Å²) in [6.45, 7) is 0.206. The highest BCUT2D eigenvalue weighted by atomic mass is 19.1. The Morgan fingerprint density at radius 3 is 2.71 bits per heavy atom. The molecule has 3 aromatic heterocycles. The molecule has 4 heterocycles. The molecule has 2 amide bonds. The van der Waals surface area contributed by atoms with E-state index in [2.05, 4.69) is 30.7 Å². The molecular weight excluding hydrogens is 457 g/mol. The number of amides is 2. The first-order valence-corrected chi connectivity index (χ1v) is 10.6. The summed E-state index contributed by atoms with van der Waals surface area (Å²) in [7, 11) is 0. The number of aromatic nitrogens is 5. The molecule has 0 unspecified atom stereocenters. The van der Waals surface area contributed by atoms with E-state index in [4.69, 9.17) is 4.74 Å². The number of hydrogen-bond acceptors (Lipinski definition) is 8. The minimum Gasteiger partial charge on any atom is -0.486 e. The normalized spacial score (nSPS) is 12.7. The molecule has 0 atom stereocenters. The number of Topliss-reactive ketones (excluding diaryl/α,β-unsaturated/α-hetero) is 1. The molecule has 0 saturated heterocycles. The summed E-state index contributed by atoms with van der Waals surface area (Å²) in [5, 5.41) is 9.18. The third kappa shape index (κ3) is 4.67. The molecule has 0 saturated carbocycles. The number of nitrogens with one attached hydrogen (secondary N) is 2. The van der Waals surface area contributed by atoms with E-state index in [0.717, 1.165) is 21.8 Å². The molecule has 0 aliphatic carbocycles. The van der Waals surface area contributed by atoms with Crippen LogP contribution in [0.4, 0.5) is 4.39 Å². The number of rotatable bonds is 6. The van der Waals surface area contributed by atoms with E-state index in [9.17, 15) is 18.8 Å². The maximum absolute atomic E-state index is 14.3. The molecule has 0 fully saturated rings. The fourth-order valence-corrected chi connectivity index (χ4v) is 3.60. The maximum atomic E-state index is 14.3. The Hall–Kier alpha value is -4.74. The van der Waals surface area contributed by atoms with E-state index >= 15 is 0 Å². The molecule has 0 spiro atoms. The first kappa shape index (κ1) is 22.1. The van der Waals surface area contributed by atoms with Crippen LogP contribution in [0.15, 0.2) is 48.9 Å². The van der Waals surface area contributed by atoms with Gasteiger partial charge in [-0.05, 0) is 23.8 Å². The first-order valence-electron chi connectivity index (χ1n) is 10.6. The minimum atomic E-state index is -0.778. The minimum absolute atomic E-state index is 0.0244. The van der Waals surface area contributed by atoms with Crippen LogP contribution >= 0.6 is 0 Å². The quantitative estimate of drug-likeness (QED) is 0.421. The summed E-state index contributed by atoms with van der Waals surface area (Å²) in [6.07, 6.45) is 4.26. The number of nitrogens with zero attached hydrogens (tertiary/aromatic N) is 5. The zero-order chi connectivity index (χ0) is 24.4. The van der Waals surface area contributed by atoms with Crippen molar-refractivity contribution in [3.05, 3.63) is 83.1 Å². The van der Waals surface area contributed by atoms with Crippen LogP contribution in [0.25, 0.3) is 5.65 Å². The van der Waals surface area contributed by atoms with Crippen LogP contribution in [0.2, 0.25) is 0 Å². The van der Waals surface area contributed by atoms with Gasteiger partial charge in [-0.1, -0.05) is 6.07 Å². The lowest BCUT2D eigenvalue weighted by Gasteiger charge is -2.17. The Kier molecular flexibility index (Phi) is 5.83. The van der Waals surface area contributed by atoms with Gasteiger partial charge >= 0.3 is 0 Å². The average Bonchev–Trinajstić information content (AvgIpc) is 3.26. The van der Waals surface area contributed by atoms with Crippen LogP contribution in [0, 0.1) is 5.82 Å². The van der Waals surface area contributed by atoms with Crippen LogP contribution in [0.3, 0.4) is 0 Å². The van der Waals surface area contributed by atoms with E-state index in [1.54, 1.807) is 24.3 Å². The highest BCUT2D eigenvalue weighted by Gasteiger charge is 2.21. The summed E-state index contributed by atoms with van der Waals surface area (Å²) in [4.78, 5) is 49.4. The number of ether oxygens (including phenoxy) is 1. The van der Waals surface area contributed by atoms with E-state index in [0.29, 0.717) is 11.6 Å². The number of fused-ring (bicyclic) bond motifs is 2. The van der Waals surface area contributed by atoms with Crippen LogP contribution in [-0.4, -0.2) is 48.8 Å². The second kappa shape index (κ2) is 9.25. The van der Waals surface area contributed by atoms with Crippen molar-refractivity contribution >= 4 is 23.2 Å². The lowest BCUT2D eigenvalue weighted by Crippen LogP contribution is -2.29. The van der Waals surface area contributed by atoms with Gasteiger partial charge in [-0.2, -0.15) is 5.10 Å². The largest absolute Gasteiger partial charge is 0.486 e. The Labute approximate surface area is 197 Å². The molecule has 2 N–H and O–H groups in total. The van der Waals surface area contributed by atoms with Gasteiger partial charge < -0.3 is 15.4 Å². The highest BCUT2D eigenvalue weighted by molar-refractivity contribution is 5.98. The van der Waals surface area contributed by atoms with Crippen molar-refractivity contribution in [3.8, 4) is 5.75 Å².